The summed E-state index contributed by atoms with van der Waals surface area (Å²) in [4.78, 5) is 24.3. The van der Waals surface area contributed by atoms with Crippen LogP contribution in [0.4, 0.5) is 0 Å². The lowest BCUT2D eigenvalue weighted by Gasteiger charge is -2.58. The van der Waals surface area contributed by atoms with Crippen molar-refractivity contribution in [3.8, 4) is 0 Å². The van der Waals surface area contributed by atoms with Gasteiger partial charge in [-0.2, -0.15) is 0 Å². The number of nitrogens with one attached hydrogen (secondary N) is 1. The molecule has 0 aliphatic heterocycles. The Balaban J connectivity index is 0.00000240. The van der Waals surface area contributed by atoms with Crippen molar-refractivity contribution < 1.29 is 9.59 Å². The van der Waals surface area contributed by atoms with Gasteiger partial charge in [0.15, 0.2) is 0 Å². The quantitative estimate of drug-likeness (QED) is 0.661. The fourth-order valence-corrected chi connectivity index (χ4v) is 7.78. The number of fused-ring (bicyclic) bond motifs is 5. The minimum Gasteiger partial charge on any atom is -0.352 e. The van der Waals surface area contributed by atoms with E-state index in [0.717, 1.165) is 43.9 Å². The Morgan fingerprint density at radius 1 is 1.14 bits per heavy atom. The van der Waals surface area contributed by atoms with Crippen LogP contribution in [0.25, 0.3) is 0 Å². The van der Waals surface area contributed by atoms with E-state index >= 15 is 0 Å². The third-order valence-corrected chi connectivity index (χ3v) is 9.35. The topological polar surface area (TPSA) is 72.2 Å². The predicted octanol–water partition coefficient (Wildman–Crippen LogP) is 4.41. The summed E-state index contributed by atoms with van der Waals surface area (Å²) in [7, 11) is 0. The maximum atomic E-state index is 12.3. The van der Waals surface area contributed by atoms with Crippen LogP contribution in [-0.2, 0) is 9.59 Å². The van der Waals surface area contributed by atoms with E-state index in [0.29, 0.717) is 11.7 Å². The van der Waals surface area contributed by atoms with Crippen LogP contribution < -0.4 is 11.1 Å². The lowest BCUT2D eigenvalue weighted by molar-refractivity contribution is -0.127. The molecule has 3 saturated carbocycles. The summed E-state index contributed by atoms with van der Waals surface area (Å²) < 4.78 is 0. The number of halogens is 1. The van der Waals surface area contributed by atoms with Crippen LogP contribution in [0, 0.1) is 34.5 Å². The SMILES string of the molecule is CC(=O)[C@H]1CC[C@H]2[C@@H]3CC=C4C[C@H](NC(=O)[C@H](C)N)CC[C@]4(C)[C@H]3CC[C@]12C.Cl. The number of hydrogen-bond donors (Lipinski definition) is 2. The van der Waals surface area contributed by atoms with Gasteiger partial charge in [-0.25, -0.2) is 0 Å². The molecular weight excluding hydrogens is 384 g/mol. The standard InChI is InChI=1S/C24H38N2O2.ClH/c1-14(25)22(28)26-17-9-11-23(3)16(13-17)5-6-18-20-8-7-19(15(2)27)24(20,4)12-10-21(18)23;/h5,14,17-21H,6-13,25H2,1-4H3,(H,26,28);1H/t14-,17+,18-,19+,20-,21-,23-,24+;/m0./s1. The molecule has 4 rings (SSSR count). The summed E-state index contributed by atoms with van der Waals surface area (Å²) in [6.45, 7) is 8.46. The van der Waals surface area contributed by atoms with Crippen molar-refractivity contribution in [3.05, 3.63) is 11.6 Å². The number of allylic oxidation sites excluding steroid dienone is 1. The molecule has 4 nitrogen and oxygen atoms in total. The number of Topliss-reactive ketones (excluding diaryl/α,β-unsaturated/α-hetero) is 1. The fourth-order valence-electron chi connectivity index (χ4n) is 7.78. The molecule has 0 radical (unpaired) electrons. The van der Waals surface area contributed by atoms with Gasteiger partial charge in [-0.1, -0.05) is 25.5 Å². The van der Waals surface area contributed by atoms with Crippen molar-refractivity contribution in [1.29, 1.82) is 0 Å². The average molecular weight is 423 g/mol. The zero-order valence-electron chi connectivity index (χ0n) is 18.5. The van der Waals surface area contributed by atoms with Gasteiger partial charge in [0.2, 0.25) is 5.91 Å². The van der Waals surface area contributed by atoms with Gasteiger partial charge in [0.25, 0.3) is 0 Å². The van der Waals surface area contributed by atoms with Gasteiger partial charge in [-0.3, -0.25) is 9.59 Å². The van der Waals surface area contributed by atoms with Crippen LogP contribution >= 0.6 is 12.4 Å². The Labute approximate surface area is 182 Å². The maximum Gasteiger partial charge on any atom is 0.236 e. The van der Waals surface area contributed by atoms with Gasteiger partial charge in [-0.15, -0.1) is 12.4 Å². The zero-order valence-corrected chi connectivity index (χ0v) is 19.3. The van der Waals surface area contributed by atoms with Gasteiger partial charge in [0, 0.05) is 12.0 Å². The van der Waals surface area contributed by atoms with Crippen molar-refractivity contribution in [2.75, 3.05) is 0 Å². The molecule has 0 bridgehead atoms. The monoisotopic (exact) mass is 422 g/mol. The van der Waals surface area contributed by atoms with Crippen LogP contribution in [0.2, 0.25) is 0 Å². The molecule has 0 saturated heterocycles. The third-order valence-electron chi connectivity index (χ3n) is 9.35. The predicted molar refractivity (Wildman–Crippen MR) is 119 cm³/mol. The lowest BCUT2D eigenvalue weighted by atomic mass is 9.47. The highest BCUT2D eigenvalue weighted by molar-refractivity contribution is 5.85. The van der Waals surface area contributed by atoms with E-state index < -0.39 is 6.04 Å². The molecule has 3 N–H and O–H groups in total. The summed E-state index contributed by atoms with van der Waals surface area (Å²) in [6, 6.07) is -0.206. The summed E-state index contributed by atoms with van der Waals surface area (Å²) in [5.41, 5.74) is 7.80. The molecular formula is C24H39ClN2O2. The maximum absolute atomic E-state index is 12.3. The molecule has 1 amide bonds. The van der Waals surface area contributed by atoms with E-state index in [9.17, 15) is 9.59 Å². The van der Waals surface area contributed by atoms with Gasteiger partial charge in [-0.05, 0) is 93.8 Å². The van der Waals surface area contributed by atoms with Crippen LogP contribution in [-0.4, -0.2) is 23.8 Å². The molecule has 0 heterocycles. The fraction of sp³-hybridized carbons (Fsp3) is 0.833. The molecule has 0 unspecified atom stereocenters. The molecule has 8 atom stereocenters. The van der Waals surface area contributed by atoms with Crippen molar-refractivity contribution in [3.63, 3.8) is 0 Å². The van der Waals surface area contributed by atoms with Crippen LogP contribution in [0.5, 0.6) is 0 Å². The molecule has 4 aliphatic carbocycles. The first-order valence-corrected chi connectivity index (χ1v) is 11.4. The molecule has 0 aromatic heterocycles. The number of nitrogens with two attached hydrogens (primary N) is 1. The molecule has 3 fully saturated rings. The average Bonchev–Trinajstić information content (AvgIpc) is 2.99. The minimum absolute atomic E-state index is 0. The Morgan fingerprint density at radius 3 is 2.52 bits per heavy atom. The van der Waals surface area contributed by atoms with Crippen molar-refractivity contribution >= 4 is 24.1 Å². The molecule has 0 aromatic carbocycles. The van der Waals surface area contributed by atoms with Crippen LogP contribution in [0.3, 0.4) is 0 Å². The number of hydrogen-bond acceptors (Lipinski definition) is 3. The Morgan fingerprint density at radius 2 is 1.86 bits per heavy atom. The molecule has 29 heavy (non-hydrogen) atoms. The summed E-state index contributed by atoms with van der Waals surface area (Å²) in [5, 5.41) is 3.16. The molecule has 164 valence electrons. The largest absolute Gasteiger partial charge is 0.352 e. The first-order valence-electron chi connectivity index (χ1n) is 11.4. The van der Waals surface area contributed by atoms with Crippen LogP contribution in [0.15, 0.2) is 11.6 Å². The van der Waals surface area contributed by atoms with Gasteiger partial charge in [0.1, 0.15) is 5.78 Å². The van der Waals surface area contributed by atoms with Gasteiger partial charge in [0.05, 0.1) is 6.04 Å². The molecule has 5 heteroatoms. The molecule has 0 spiro atoms. The van der Waals surface area contributed by atoms with Gasteiger partial charge >= 0.3 is 0 Å². The molecule has 4 aliphatic rings. The Kier molecular flexibility index (Phi) is 6.29. The highest BCUT2D eigenvalue weighted by Gasteiger charge is 2.59. The number of carbonyl (C=O) groups is 2. The second-order valence-electron chi connectivity index (χ2n) is 10.8. The van der Waals surface area contributed by atoms with E-state index in [-0.39, 0.29) is 41.1 Å². The number of rotatable bonds is 3. The lowest BCUT2D eigenvalue weighted by Crippen LogP contribution is -2.53. The summed E-state index contributed by atoms with van der Waals surface area (Å²) in [5.74, 6) is 2.82. The Bertz CT molecular complexity index is 705. The zero-order chi connectivity index (χ0) is 20.3. The van der Waals surface area contributed by atoms with E-state index in [1.165, 1.54) is 19.3 Å². The van der Waals surface area contributed by atoms with E-state index in [1.807, 2.05) is 6.92 Å². The highest BCUT2D eigenvalue weighted by Crippen LogP contribution is 2.66. The number of amides is 1. The van der Waals surface area contributed by atoms with Crippen LogP contribution in [0.1, 0.15) is 79.1 Å². The van der Waals surface area contributed by atoms with E-state index in [2.05, 4.69) is 25.2 Å². The second kappa shape index (κ2) is 8.00. The summed E-state index contributed by atoms with van der Waals surface area (Å²) in [6.07, 6.45) is 11.6. The third kappa shape index (κ3) is 3.59. The van der Waals surface area contributed by atoms with Gasteiger partial charge < -0.3 is 11.1 Å². The Hall–Kier alpha value is -0.870. The second-order valence-corrected chi connectivity index (χ2v) is 10.8. The molecule has 0 aromatic rings. The number of carbonyl (C=O) groups excluding carboxylic acids is 2. The van der Waals surface area contributed by atoms with Crippen molar-refractivity contribution in [2.24, 2.45) is 40.2 Å². The normalized spacial score (nSPS) is 44.3. The van der Waals surface area contributed by atoms with E-state index in [1.54, 1.807) is 12.5 Å². The number of ketones is 1. The van der Waals surface area contributed by atoms with E-state index in [4.69, 9.17) is 5.73 Å². The first-order chi connectivity index (χ1) is 13.2. The first kappa shape index (κ1) is 22.8. The summed E-state index contributed by atoms with van der Waals surface area (Å²) >= 11 is 0. The minimum atomic E-state index is -0.439. The highest BCUT2D eigenvalue weighted by atomic mass is 35.5. The smallest absolute Gasteiger partial charge is 0.236 e. The van der Waals surface area contributed by atoms with Crippen molar-refractivity contribution in [2.45, 2.75) is 91.1 Å². The van der Waals surface area contributed by atoms with Crippen molar-refractivity contribution in [1.82, 2.24) is 5.32 Å².